The van der Waals surface area contributed by atoms with Crippen molar-refractivity contribution in [1.82, 2.24) is 5.32 Å². The van der Waals surface area contributed by atoms with E-state index >= 15 is 0 Å². The summed E-state index contributed by atoms with van der Waals surface area (Å²) >= 11 is 13.8. The van der Waals surface area contributed by atoms with Crippen molar-refractivity contribution in [1.29, 1.82) is 0 Å². The van der Waals surface area contributed by atoms with Crippen molar-refractivity contribution < 1.29 is 9.53 Å². The molecule has 0 aliphatic rings. The molecule has 2 rings (SSSR count). The number of thioether (sulfide) groups is 1. The van der Waals surface area contributed by atoms with Gasteiger partial charge in [0.15, 0.2) is 6.10 Å². The van der Waals surface area contributed by atoms with E-state index < -0.39 is 6.10 Å². The highest BCUT2D eigenvalue weighted by Crippen LogP contribution is 2.24. The molecule has 6 heteroatoms. The van der Waals surface area contributed by atoms with E-state index in [-0.39, 0.29) is 5.91 Å². The first-order valence-corrected chi connectivity index (χ1v) is 10.8. The Balaban J connectivity index is 1.75. The molecule has 0 aliphatic carbocycles. The summed E-state index contributed by atoms with van der Waals surface area (Å²) in [6, 6.07) is 11.4. The number of carbonyl (C=O) groups is 1. The van der Waals surface area contributed by atoms with Crippen LogP contribution in [0.2, 0.25) is 10.0 Å². The molecule has 27 heavy (non-hydrogen) atoms. The Morgan fingerprint density at radius 1 is 1.15 bits per heavy atom. The predicted octanol–water partition coefficient (Wildman–Crippen LogP) is 5.82. The van der Waals surface area contributed by atoms with Crippen molar-refractivity contribution in [2.75, 3.05) is 12.3 Å². The van der Waals surface area contributed by atoms with Gasteiger partial charge in [0, 0.05) is 28.1 Å². The number of benzene rings is 2. The maximum Gasteiger partial charge on any atom is 0.261 e. The summed E-state index contributed by atoms with van der Waals surface area (Å²) in [6.45, 7) is 6.62. The molecule has 1 atom stereocenters. The van der Waals surface area contributed by atoms with Gasteiger partial charge in [-0.15, -0.1) is 0 Å². The summed E-state index contributed by atoms with van der Waals surface area (Å²) in [6.07, 6.45) is 0.134. The van der Waals surface area contributed by atoms with Crippen LogP contribution in [-0.4, -0.2) is 24.3 Å². The van der Waals surface area contributed by atoms with E-state index in [9.17, 15) is 4.79 Å². The molecule has 0 spiro atoms. The average Bonchev–Trinajstić information content (AvgIpc) is 2.63. The number of aryl methyl sites for hydroxylation is 2. The third-order valence-electron chi connectivity index (χ3n) is 4.24. The number of hydrogen-bond donors (Lipinski definition) is 1. The average molecular weight is 426 g/mol. The second kappa shape index (κ2) is 10.8. The highest BCUT2D eigenvalue weighted by molar-refractivity contribution is 7.98. The number of halogens is 2. The van der Waals surface area contributed by atoms with Gasteiger partial charge >= 0.3 is 0 Å². The van der Waals surface area contributed by atoms with Crippen LogP contribution in [0.4, 0.5) is 0 Å². The minimum absolute atomic E-state index is 0.0825. The molecule has 3 nitrogen and oxygen atoms in total. The Labute approximate surface area is 175 Å². The normalized spacial score (nSPS) is 11.9. The van der Waals surface area contributed by atoms with Crippen LogP contribution in [0.1, 0.15) is 30.0 Å². The zero-order valence-corrected chi connectivity index (χ0v) is 18.2. The maximum atomic E-state index is 12.4. The van der Waals surface area contributed by atoms with Gasteiger partial charge in [0.1, 0.15) is 5.75 Å². The quantitative estimate of drug-likeness (QED) is 0.514. The van der Waals surface area contributed by atoms with E-state index in [1.165, 1.54) is 5.56 Å². The van der Waals surface area contributed by atoms with Gasteiger partial charge < -0.3 is 10.1 Å². The Bertz CT molecular complexity index is 783. The molecule has 2 aromatic carbocycles. The molecule has 0 unspecified atom stereocenters. The third-order valence-corrected chi connectivity index (χ3v) is 5.83. The first-order valence-electron chi connectivity index (χ1n) is 8.94. The van der Waals surface area contributed by atoms with Gasteiger partial charge in [0.25, 0.3) is 5.91 Å². The molecule has 0 bridgehead atoms. The minimum Gasteiger partial charge on any atom is -0.481 e. The molecule has 0 heterocycles. The monoisotopic (exact) mass is 425 g/mol. The first-order chi connectivity index (χ1) is 12.9. The largest absolute Gasteiger partial charge is 0.481 e. The van der Waals surface area contributed by atoms with E-state index in [1.807, 2.05) is 44.2 Å². The number of amides is 1. The molecule has 1 amide bonds. The third kappa shape index (κ3) is 6.95. The lowest BCUT2D eigenvalue weighted by molar-refractivity contribution is -0.127. The summed E-state index contributed by atoms with van der Waals surface area (Å²) in [5.41, 5.74) is 3.40. The number of carbonyl (C=O) groups excluding carboxylic acids is 1. The summed E-state index contributed by atoms with van der Waals surface area (Å²) in [4.78, 5) is 12.4. The van der Waals surface area contributed by atoms with Crippen molar-refractivity contribution in [2.45, 2.75) is 39.0 Å². The van der Waals surface area contributed by atoms with E-state index in [0.717, 1.165) is 28.4 Å². The zero-order valence-electron chi connectivity index (χ0n) is 15.9. The fourth-order valence-corrected chi connectivity index (χ4v) is 3.87. The predicted molar refractivity (Wildman–Crippen MR) is 116 cm³/mol. The highest BCUT2D eigenvalue weighted by Gasteiger charge is 2.18. The molecule has 146 valence electrons. The van der Waals surface area contributed by atoms with Crippen LogP contribution in [0.15, 0.2) is 36.4 Å². The van der Waals surface area contributed by atoms with Gasteiger partial charge in [-0.05, 0) is 61.2 Å². The van der Waals surface area contributed by atoms with E-state index in [1.54, 1.807) is 17.8 Å². The second-order valence-corrected chi connectivity index (χ2v) is 8.29. The number of hydrogen-bond acceptors (Lipinski definition) is 3. The highest BCUT2D eigenvalue weighted by atomic mass is 35.5. The number of ether oxygens (including phenoxy) is 1. The molecule has 0 aliphatic heterocycles. The first kappa shape index (κ1) is 21.9. The Morgan fingerprint density at radius 2 is 1.93 bits per heavy atom. The molecule has 0 saturated carbocycles. The maximum absolute atomic E-state index is 12.4. The van der Waals surface area contributed by atoms with Gasteiger partial charge in [-0.2, -0.15) is 11.8 Å². The van der Waals surface area contributed by atoms with Crippen LogP contribution >= 0.6 is 35.0 Å². The molecular formula is C21H25Cl2NO2S. The molecule has 1 N–H and O–H groups in total. The number of rotatable bonds is 9. The minimum atomic E-state index is -0.484. The second-order valence-electron chi connectivity index (χ2n) is 6.34. The van der Waals surface area contributed by atoms with Crippen molar-refractivity contribution in [3.63, 3.8) is 0 Å². The van der Waals surface area contributed by atoms with Gasteiger partial charge in [-0.25, -0.2) is 0 Å². The van der Waals surface area contributed by atoms with Gasteiger partial charge in [-0.1, -0.05) is 42.3 Å². The Kier molecular flexibility index (Phi) is 8.81. The lowest BCUT2D eigenvalue weighted by atomic mass is 10.1. The van der Waals surface area contributed by atoms with Crippen molar-refractivity contribution in [2.24, 2.45) is 0 Å². The number of nitrogens with one attached hydrogen (secondary N) is 1. The van der Waals surface area contributed by atoms with Gasteiger partial charge in [-0.3, -0.25) is 4.79 Å². The molecule has 0 fully saturated rings. The fraction of sp³-hybridized carbons (Fsp3) is 0.381. The topological polar surface area (TPSA) is 38.3 Å². The van der Waals surface area contributed by atoms with Crippen molar-refractivity contribution >= 4 is 40.9 Å². The summed E-state index contributed by atoms with van der Waals surface area (Å²) in [7, 11) is 0. The lowest BCUT2D eigenvalue weighted by Gasteiger charge is -2.18. The zero-order chi connectivity index (χ0) is 19.8. The summed E-state index contributed by atoms with van der Waals surface area (Å²) < 4.78 is 5.87. The van der Waals surface area contributed by atoms with E-state index in [2.05, 4.69) is 12.2 Å². The summed E-state index contributed by atoms with van der Waals surface area (Å²) in [5.74, 6) is 2.22. The molecule has 0 aromatic heterocycles. The smallest absolute Gasteiger partial charge is 0.261 e. The Hall–Kier alpha value is -1.36. The fourth-order valence-electron chi connectivity index (χ4n) is 2.45. The molecule has 2 aromatic rings. The van der Waals surface area contributed by atoms with Gasteiger partial charge in [0.05, 0.1) is 0 Å². The van der Waals surface area contributed by atoms with Gasteiger partial charge in [0.2, 0.25) is 0 Å². The van der Waals surface area contributed by atoms with Crippen LogP contribution < -0.4 is 10.1 Å². The standard InChI is InChI=1S/C21H25Cl2NO2S/c1-4-20(26-18-8-5-14(2)15(3)11-18)21(25)24-9-10-27-13-16-6-7-17(22)12-19(16)23/h5-8,11-12,20H,4,9-10,13H2,1-3H3,(H,24,25)/t20-/m0/s1. The van der Waals surface area contributed by atoms with Crippen LogP contribution in [-0.2, 0) is 10.5 Å². The van der Waals surface area contributed by atoms with Crippen LogP contribution in [0.3, 0.4) is 0 Å². The van der Waals surface area contributed by atoms with E-state index in [0.29, 0.717) is 23.0 Å². The van der Waals surface area contributed by atoms with E-state index in [4.69, 9.17) is 27.9 Å². The molecule has 0 radical (unpaired) electrons. The van der Waals surface area contributed by atoms with Crippen LogP contribution in [0.5, 0.6) is 5.75 Å². The van der Waals surface area contributed by atoms with Crippen molar-refractivity contribution in [3.8, 4) is 5.75 Å². The molecular weight excluding hydrogens is 401 g/mol. The SMILES string of the molecule is CC[C@H](Oc1ccc(C)c(C)c1)C(=O)NCCSCc1ccc(Cl)cc1Cl. The summed E-state index contributed by atoms with van der Waals surface area (Å²) in [5, 5.41) is 4.26. The van der Waals surface area contributed by atoms with Crippen LogP contribution in [0.25, 0.3) is 0 Å². The molecule has 0 saturated heterocycles. The lowest BCUT2D eigenvalue weighted by Crippen LogP contribution is -2.39. The Morgan fingerprint density at radius 3 is 2.59 bits per heavy atom. The van der Waals surface area contributed by atoms with Crippen molar-refractivity contribution in [3.05, 3.63) is 63.1 Å². The van der Waals surface area contributed by atoms with Crippen LogP contribution in [0, 0.1) is 13.8 Å².